The number of hydrogen-bond donors (Lipinski definition) is 2. The number of amides is 1. The largest absolute Gasteiger partial charge is 0.490 e. The number of ether oxygens (including phenoxy) is 1. The van der Waals surface area contributed by atoms with Crippen LogP contribution in [0.15, 0.2) is 42.6 Å². The lowest BCUT2D eigenvalue weighted by Gasteiger charge is -2.37. The van der Waals surface area contributed by atoms with Crippen molar-refractivity contribution in [2.24, 2.45) is 5.92 Å². The number of piperidine rings is 2. The Morgan fingerprint density at radius 3 is 2.37 bits per heavy atom. The van der Waals surface area contributed by atoms with Gasteiger partial charge in [0.2, 0.25) is 5.91 Å². The second kappa shape index (κ2) is 9.34. The molecule has 2 aromatic rings. The van der Waals surface area contributed by atoms with Crippen molar-refractivity contribution < 1.29 is 9.53 Å². The van der Waals surface area contributed by atoms with Crippen molar-refractivity contribution in [3.63, 3.8) is 0 Å². The number of anilines is 2. The molecule has 0 unspecified atom stereocenters. The molecule has 30 heavy (non-hydrogen) atoms. The first kappa shape index (κ1) is 20.5. The highest BCUT2D eigenvalue weighted by atomic mass is 16.5. The molecule has 2 aliphatic rings. The highest BCUT2D eigenvalue weighted by molar-refractivity contribution is 5.79. The number of aromatic nitrogens is 1. The lowest BCUT2D eigenvalue weighted by molar-refractivity contribution is -0.139. The number of rotatable bonds is 5. The first-order valence-corrected chi connectivity index (χ1v) is 10.8. The normalized spacial score (nSPS) is 19.0. The molecule has 0 radical (unpaired) electrons. The molecule has 0 saturated carbocycles. The predicted molar refractivity (Wildman–Crippen MR) is 118 cm³/mol. The Kier molecular flexibility index (Phi) is 6.38. The van der Waals surface area contributed by atoms with Crippen molar-refractivity contribution in [3.8, 4) is 5.75 Å². The number of likely N-dealkylation sites (tertiary alicyclic amines) is 2. The molecule has 1 aromatic heterocycles. The van der Waals surface area contributed by atoms with E-state index >= 15 is 0 Å². The standard InChI is InChI=1S/C23H31N5O2/c24-19-1-3-20(4-2-19)30-21-8-13-28(14-9-21)23(29)18-6-11-27(12-7-18)16-17-5-10-26-22(25)15-17/h1-5,10,15,18,21H,6-9,11-14,16,24H2,(H2,25,26). The molecule has 0 bridgehead atoms. The van der Waals surface area contributed by atoms with Crippen LogP contribution in [0.5, 0.6) is 5.75 Å². The minimum atomic E-state index is 0.137. The molecule has 7 heteroatoms. The van der Waals surface area contributed by atoms with Gasteiger partial charge in [0.1, 0.15) is 17.7 Å². The summed E-state index contributed by atoms with van der Waals surface area (Å²) >= 11 is 0. The fourth-order valence-electron chi connectivity index (χ4n) is 4.38. The van der Waals surface area contributed by atoms with Gasteiger partial charge in [0.25, 0.3) is 0 Å². The molecule has 2 saturated heterocycles. The summed E-state index contributed by atoms with van der Waals surface area (Å²) in [6, 6.07) is 11.4. The maximum atomic E-state index is 13.0. The summed E-state index contributed by atoms with van der Waals surface area (Å²) < 4.78 is 6.05. The van der Waals surface area contributed by atoms with Crippen LogP contribution in [0.2, 0.25) is 0 Å². The number of carbonyl (C=O) groups excluding carboxylic acids is 1. The molecule has 1 aromatic carbocycles. The Balaban J connectivity index is 1.21. The molecule has 2 aliphatic heterocycles. The maximum Gasteiger partial charge on any atom is 0.225 e. The third-order valence-electron chi connectivity index (χ3n) is 6.13. The van der Waals surface area contributed by atoms with Crippen LogP contribution in [0.4, 0.5) is 11.5 Å². The Hall–Kier alpha value is -2.80. The van der Waals surface area contributed by atoms with Gasteiger partial charge in [-0.25, -0.2) is 4.98 Å². The van der Waals surface area contributed by atoms with Gasteiger partial charge in [-0.05, 0) is 67.9 Å². The lowest BCUT2D eigenvalue weighted by Crippen LogP contribution is -2.46. The van der Waals surface area contributed by atoms with Gasteiger partial charge in [0.05, 0.1) is 0 Å². The van der Waals surface area contributed by atoms with Crippen LogP contribution in [-0.4, -0.2) is 53.0 Å². The average molecular weight is 410 g/mol. The van der Waals surface area contributed by atoms with E-state index in [1.165, 1.54) is 5.56 Å². The first-order valence-electron chi connectivity index (χ1n) is 10.8. The predicted octanol–water partition coefficient (Wildman–Crippen LogP) is 2.53. The number of nitrogen functional groups attached to an aromatic ring is 2. The molecule has 4 rings (SSSR count). The van der Waals surface area contributed by atoms with Gasteiger partial charge in [-0.1, -0.05) is 0 Å². The SMILES string of the molecule is Nc1ccc(OC2CCN(C(=O)C3CCN(Cc4ccnc(N)c4)CC3)CC2)cc1. The van der Waals surface area contributed by atoms with Gasteiger partial charge < -0.3 is 21.1 Å². The minimum absolute atomic E-state index is 0.137. The third kappa shape index (κ3) is 5.21. The van der Waals surface area contributed by atoms with Crippen LogP contribution in [0.25, 0.3) is 0 Å². The van der Waals surface area contributed by atoms with E-state index in [1.807, 2.05) is 41.3 Å². The fraction of sp³-hybridized carbons (Fsp3) is 0.478. The molecular weight excluding hydrogens is 378 g/mol. The zero-order valence-electron chi connectivity index (χ0n) is 17.4. The van der Waals surface area contributed by atoms with Gasteiger partial charge in [-0.15, -0.1) is 0 Å². The first-order chi connectivity index (χ1) is 14.6. The van der Waals surface area contributed by atoms with Crippen molar-refractivity contribution in [2.45, 2.75) is 38.3 Å². The molecule has 0 spiro atoms. The number of pyridine rings is 1. The van der Waals surface area contributed by atoms with E-state index in [9.17, 15) is 4.79 Å². The van der Waals surface area contributed by atoms with Crippen LogP contribution >= 0.6 is 0 Å². The van der Waals surface area contributed by atoms with Gasteiger partial charge in [-0.3, -0.25) is 9.69 Å². The van der Waals surface area contributed by atoms with E-state index in [0.717, 1.165) is 69.8 Å². The van der Waals surface area contributed by atoms with Crippen LogP contribution < -0.4 is 16.2 Å². The zero-order valence-corrected chi connectivity index (χ0v) is 17.4. The van der Waals surface area contributed by atoms with Crippen molar-refractivity contribution >= 4 is 17.4 Å². The Morgan fingerprint density at radius 1 is 1.00 bits per heavy atom. The summed E-state index contributed by atoms with van der Waals surface area (Å²) in [5.74, 6) is 1.85. The molecule has 4 N–H and O–H groups in total. The molecule has 3 heterocycles. The second-order valence-corrected chi connectivity index (χ2v) is 8.35. The van der Waals surface area contributed by atoms with Crippen LogP contribution in [0.1, 0.15) is 31.2 Å². The highest BCUT2D eigenvalue weighted by Crippen LogP contribution is 2.25. The molecule has 7 nitrogen and oxygen atoms in total. The van der Waals surface area contributed by atoms with Gasteiger partial charge in [0, 0.05) is 50.3 Å². The van der Waals surface area contributed by atoms with E-state index in [0.29, 0.717) is 11.7 Å². The number of nitrogens with zero attached hydrogens (tertiary/aromatic N) is 3. The van der Waals surface area contributed by atoms with Crippen LogP contribution in [0, 0.1) is 5.92 Å². The Labute approximate surface area is 178 Å². The summed E-state index contributed by atoms with van der Waals surface area (Å²) in [7, 11) is 0. The van der Waals surface area contributed by atoms with Crippen molar-refractivity contribution in [1.29, 1.82) is 0 Å². The molecular formula is C23H31N5O2. The number of nitrogens with two attached hydrogens (primary N) is 2. The molecule has 2 fully saturated rings. The number of carbonyl (C=O) groups is 1. The van der Waals surface area contributed by atoms with Gasteiger partial charge in [0.15, 0.2) is 0 Å². The van der Waals surface area contributed by atoms with Gasteiger partial charge >= 0.3 is 0 Å². The summed E-state index contributed by atoms with van der Waals surface area (Å²) in [4.78, 5) is 21.5. The summed E-state index contributed by atoms with van der Waals surface area (Å²) in [6.07, 6.45) is 5.49. The van der Waals surface area contributed by atoms with E-state index in [-0.39, 0.29) is 12.0 Å². The van der Waals surface area contributed by atoms with Crippen molar-refractivity contribution in [3.05, 3.63) is 48.2 Å². The topological polar surface area (TPSA) is 97.7 Å². The lowest BCUT2D eigenvalue weighted by atomic mass is 9.94. The van der Waals surface area contributed by atoms with Crippen LogP contribution in [-0.2, 0) is 11.3 Å². The smallest absolute Gasteiger partial charge is 0.225 e. The zero-order chi connectivity index (χ0) is 20.9. The Bertz CT molecular complexity index is 841. The molecule has 0 atom stereocenters. The molecule has 160 valence electrons. The molecule has 0 aliphatic carbocycles. The maximum absolute atomic E-state index is 13.0. The third-order valence-corrected chi connectivity index (χ3v) is 6.13. The summed E-state index contributed by atoms with van der Waals surface area (Å²) in [5.41, 5.74) is 13.4. The minimum Gasteiger partial charge on any atom is -0.490 e. The van der Waals surface area contributed by atoms with E-state index < -0.39 is 0 Å². The monoisotopic (exact) mass is 409 g/mol. The Morgan fingerprint density at radius 2 is 1.70 bits per heavy atom. The van der Waals surface area contributed by atoms with Crippen molar-refractivity contribution in [1.82, 2.24) is 14.8 Å². The van der Waals surface area contributed by atoms with Crippen LogP contribution in [0.3, 0.4) is 0 Å². The van der Waals surface area contributed by atoms with E-state index in [1.54, 1.807) is 6.20 Å². The van der Waals surface area contributed by atoms with Crippen molar-refractivity contribution in [2.75, 3.05) is 37.6 Å². The highest BCUT2D eigenvalue weighted by Gasteiger charge is 2.31. The number of benzene rings is 1. The number of hydrogen-bond acceptors (Lipinski definition) is 6. The average Bonchev–Trinajstić information content (AvgIpc) is 2.76. The molecule has 1 amide bonds. The van der Waals surface area contributed by atoms with Gasteiger partial charge in [-0.2, -0.15) is 0 Å². The van der Waals surface area contributed by atoms with E-state index in [2.05, 4.69) is 9.88 Å². The summed E-state index contributed by atoms with van der Waals surface area (Å²) in [5, 5.41) is 0. The second-order valence-electron chi connectivity index (χ2n) is 8.35. The quantitative estimate of drug-likeness (QED) is 0.737. The van der Waals surface area contributed by atoms with E-state index in [4.69, 9.17) is 16.2 Å². The fourth-order valence-corrected chi connectivity index (χ4v) is 4.38. The summed E-state index contributed by atoms with van der Waals surface area (Å²) in [6.45, 7) is 4.29.